The summed E-state index contributed by atoms with van der Waals surface area (Å²) in [6.07, 6.45) is 0. The molecule has 0 aromatic heterocycles. The first-order valence-corrected chi connectivity index (χ1v) is 5.43. The monoisotopic (exact) mass is 221 g/mol. The molecule has 1 heterocycles. The van der Waals surface area contributed by atoms with Crippen molar-refractivity contribution >= 4 is 11.5 Å². The summed E-state index contributed by atoms with van der Waals surface area (Å²) in [5, 5.41) is 3.20. The van der Waals surface area contributed by atoms with Crippen molar-refractivity contribution < 1.29 is 14.3 Å². The summed E-state index contributed by atoms with van der Waals surface area (Å²) in [6, 6.07) is 5.53. The summed E-state index contributed by atoms with van der Waals surface area (Å²) in [4.78, 5) is 11.8. The average molecular weight is 221 g/mol. The normalized spacial score (nSPS) is 13.6. The van der Waals surface area contributed by atoms with Crippen molar-refractivity contribution in [2.24, 2.45) is 0 Å². The van der Waals surface area contributed by atoms with Crippen LogP contribution in [0.3, 0.4) is 0 Å². The second-order valence-corrected chi connectivity index (χ2v) is 3.52. The number of carbonyl (C=O) groups excluding carboxylic acids is 1. The molecular formula is C12H15NO3. The Balaban J connectivity index is 2.23. The highest BCUT2D eigenvalue weighted by Crippen LogP contribution is 2.31. The predicted molar refractivity (Wildman–Crippen MR) is 61.3 cm³/mol. The fourth-order valence-electron chi connectivity index (χ4n) is 1.66. The zero-order chi connectivity index (χ0) is 11.4. The van der Waals surface area contributed by atoms with E-state index in [1.165, 1.54) is 0 Å². The van der Waals surface area contributed by atoms with Crippen LogP contribution in [-0.2, 0) is 4.74 Å². The van der Waals surface area contributed by atoms with Crippen LogP contribution in [0.2, 0.25) is 0 Å². The van der Waals surface area contributed by atoms with Crippen LogP contribution >= 0.6 is 0 Å². The molecule has 0 fully saturated rings. The molecule has 0 radical (unpaired) electrons. The van der Waals surface area contributed by atoms with E-state index >= 15 is 0 Å². The van der Waals surface area contributed by atoms with Gasteiger partial charge in [-0.05, 0) is 19.1 Å². The molecule has 0 aliphatic carbocycles. The summed E-state index contributed by atoms with van der Waals surface area (Å²) in [5.41, 5.74) is 1.48. The maximum absolute atomic E-state index is 11.8. The van der Waals surface area contributed by atoms with Crippen LogP contribution in [0.5, 0.6) is 5.75 Å². The number of benzene rings is 1. The highest BCUT2D eigenvalue weighted by molar-refractivity contribution is 6.01. The van der Waals surface area contributed by atoms with Crippen molar-refractivity contribution in [2.75, 3.05) is 31.7 Å². The number of rotatable bonds is 4. The molecule has 0 atom stereocenters. The van der Waals surface area contributed by atoms with Crippen LogP contribution in [0.1, 0.15) is 17.3 Å². The Morgan fingerprint density at radius 3 is 3.25 bits per heavy atom. The Hall–Kier alpha value is -1.55. The lowest BCUT2D eigenvalue weighted by Gasteiger charge is -2.21. The second-order valence-electron chi connectivity index (χ2n) is 3.52. The lowest BCUT2D eigenvalue weighted by molar-refractivity contribution is 0.0779. The van der Waals surface area contributed by atoms with E-state index in [-0.39, 0.29) is 12.4 Å². The minimum Gasteiger partial charge on any atom is -0.489 e. The van der Waals surface area contributed by atoms with Crippen LogP contribution in [0.15, 0.2) is 18.2 Å². The molecule has 4 heteroatoms. The highest BCUT2D eigenvalue weighted by atomic mass is 16.5. The van der Waals surface area contributed by atoms with Gasteiger partial charge in [0.1, 0.15) is 13.2 Å². The first kappa shape index (κ1) is 11.0. The summed E-state index contributed by atoms with van der Waals surface area (Å²) in [6.45, 7) is 3.88. The van der Waals surface area contributed by atoms with E-state index in [2.05, 4.69) is 5.32 Å². The van der Waals surface area contributed by atoms with Gasteiger partial charge in [-0.1, -0.05) is 6.07 Å². The third-order valence-electron chi connectivity index (χ3n) is 2.42. The highest BCUT2D eigenvalue weighted by Gasteiger charge is 2.18. The standard InChI is InChI=1S/C12H15NO3/c1-2-15-8-11(14)9-4-3-5-10-12(9)16-7-6-13-10/h3-5,13H,2,6-8H2,1H3. The van der Waals surface area contributed by atoms with Gasteiger partial charge in [0.15, 0.2) is 11.5 Å². The Bertz CT molecular complexity index is 390. The molecule has 2 rings (SSSR count). The lowest BCUT2D eigenvalue weighted by atomic mass is 10.1. The number of ketones is 1. The molecule has 0 saturated heterocycles. The van der Waals surface area contributed by atoms with Crippen LogP contribution in [0.4, 0.5) is 5.69 Å². The van der Waals surface area contributed by atoms with Crippen LogP contribution in [-0.4, -0.2) is 32.1 Å². The SMILES string of the molecule is CCOCC(=O)c1cccc2c1OCCN2. The van der Waals surface area contributed by atoms with E-state index in [9.17, 15) is 4.79 Å². The third-order valence-corrected chi connectivity index (χ3v) is 2.42. The average Bonchev–Trinajstić information content (AvgIpc) is 2.35. The number of nitrogens with one attached hydrogen (secondary N) is 1. The van der Waals surface area contributed by atoms with Crippen LogP contribution in [0, 0.1) is 0 Å². The fraction of sp³-hybridized carbons (Fsp3) is 0.417. The number of para-hydroxylation sites is 1. The van der Waals surface area contributed by atoms with Gasteiger partial charge in [-0.15, -0.1) is 0 Å². The zero-order valence-corrected chi connectivity index (χ0v) is 9.29. The number of ether oxygens (including phenoxy) is 2. The van der Waals surface area contributed by atoms with E-state index in [4.69, 9.17) is 9.47 Å². The Morgan fingerprint density at radius 1 is 1.56 bits per heavy atom. The molecule has 0 spiro atoms. The molecule has 1 N–H and O–H groups in total. The van der Waals surface area contributed by atoms with Gasteiger partial charge in [-0.25, -0.2) is 0 Å². The van der Waals surface area contributed by atoms with Gasteiger partial charge in [0.25, 0.3) is 0 Å². The van der Waals surface area contributed by atoms with Gasteiger partial charge >= 0.3 is 0 Å². The fourth-order valence-corrected chi connectivity index (χ4v) is 1.66. The summed E-state index contributed by atoms with van der Waals surface area (Å²) < 4.78 is 10.6. The molecule has 4 nitrogen and oxygen atoms in total. The molecule has 0 unspecified atom stereocenters. The Kier molecular flexibility index (Phi) is 3.41. The number of Topliss-reactive ketones (excluding diaryl/α,β-unsaturated/α-hetero) is 1. The summed E-state index contributed by atoms with van der Waals surface area (Å²) >= 11 is 0. The first-order valence-electron chi connectivity index (χ1n) is 5.43. The number of anilines is 1. The van der Waals surface area contributed by atoms with E-state index in [0.717, 1.165) is 12.2 Å². The Labute approximate surface area is 94.6 Å². The molecular weight excluding hydrogens is 206 g/mol. The molecule has 86 valence electrons. The number of hydrogen-bond donors (Lipinski definition) is 1. The van der Waals surface area contributed by atoms with E-state index in [0.29, 0.717) is 24.5 Å². The number of carbonyl (C=O) groups is 1. The van der Waals surface area contributed by atoms with Crippen molar-refractivity contribution in [1.82, 2.24) is 0 Å². The van der Waals surface area contributed by atoms with E-state index in [1.54, 1.807) is 6.07 Å². The molecule has 1 aliphatic rings. The van der Waals surface area contributed by atoms with E-state index < -0.39 is 0 Å². The van der Waals surface area contributed by atoms with Gasteiger partial charge in [0, 0.05) is 13.2 Å². The molecule has 0 amide bonds. The smallest absolute Gasteiger partial charge is 0.192 e. The predicted octanol–water partition coefficient (Wildman–Crippen LogP) is 1.71. The second kappa shape index (κ2) is 4.99. The first-order chi connectivity index (χ1) is 7.83. The molecule has 1 aromatic rings. The molecule has 16 heavy (non-hydrogen) atoms. The molecule has 1 aromatic carbocycles. The third kappa shape index (κ3) is 2.17. The van der Waals surface area contributed by atoms with Crippen molar-refractivity contribution in [3.8, 4) is 5.75 Å². The minimum absolute atomic E-state index is 0.0394. The van der Waals surface area contributed by atoms with E-state index in [1.807, 2.05) is 19.1 Å². The van der Waals surface area contributed by atoms with Crippen molar-refractivity contribution in [1.29, 1.82) is 0 Å². The van der Waals surface area contributed by atoms with Crippen molar-refractivity contribution in [2.45, 2.75) is 6.92 Å². The van der Waals surface area contributed by atoms with Crippen LogP contribution < -0.4 is 10.1 Å². The van der Waals surface area contributed by atoms with Gasteiger partial charge in [0.2, 0.25) is 0 Å². The summed E-state index contributed by atoms with van der Waals surface area (Å²) in [5.74, 6) is 0.612. The van der Waals surface area contributed by atoms with Gasteiger partial charge in [-0.3, -0.25) is 4.79 Å². The molecule has 1 aliphatic heterocycles. The van der Waals surface area contributed by atoms with Gasteiger partial charge in [-0.2, -0.15) is 0 Å². The lowest BCUT2D eigenvalue weighted by Crippen LogP contribution is -2.21. The van der Waals surface area contributed by atoms with Crippen molar-refractivity contribution in [3.05, 3.63) is 23.8 Å². The van der Waals surface area contributed by atoms with Gasteiger partial charge < -0.3 is 14.8 Å². The van der Waals surface area contributed by atoms with Crippen LogP contribution in [0.25, 0.3) is 0 Å². The largest absolute Gasteiger partial charge is 0.489 e. The van der Waals surface area contributed by atoms with Crippen molar-refractivity contribution in [3.63, 3.8) is 0 Å². The molecule has 0 bridgehead atoms. The number of hydrogen-bond acceptors (Lipinski definition) is 4. The minimum atomic E-state index is -0.0394. The quantitative estimate of drug-likeness (QED) is 0.786. The summed E-state index contributed by atoms with van der Waals surface area (Å²) in [7, 11) is 0. The van der Waals surface area contributed by atoms with Gasteiger partial charge in [0.05, 0.1) is 11.3 Å². The Morgan fingerprint density at radius 2 is 2.44 bits per heavy atom. The zero-order valence-electron chi connectivity index (χ0n) is 9.29. The maximum atomic E-state index is 11.8. The number of fused-ring (bicyclic) bond motifs is 1. The topological polar surface area (TPSA) is 47.6 Å². The maximum Gasteiger partial charge on any atom is 0.192 e. The molecule has 0 saturated carbocycles.